The molecule has 2 rings (SSSR count). The summed E-state index contributed by atoms with van der Waals surface area (Å²) in [5.74, 6) is 1.11. The van der Waals surface area contributed by atoms with Gasteiger partial charge in [-0.1, -0.05) is 12.1 Å². The number of sulfonamides is 1. The molecule has 0 saturated carbocycles. The largest absolute Gasteiger partial charge is 0.490 e. The van der Waals surface area contributed by atoms with Crippen molar-refractivity contribution in [3.05, 3.63) is 58.1 Å². The maximum Gasteiger partial charge on any atom is 0.270 e. The predicted octanol–water partition coefficient (Wildman–Crippen LogP) is 3.43. The zero-order valence-electron chi connectivity index (χ0n) is 15.3. The van der Waals surface area contributed by atoms with E-state index in [9.17, 15) is 18.5 Å². The minimum Gasteiger partial charge on any atom is -0.490 e. The molecule has 0 saturated heterocycles. The van der Waals surface area contributed by atoms with Gasteiger partial charge < -0.3 is 9.47 Å². The SMILES string of the molecule is CCOc1ccc(C(C)NS(=O)(=O)c2cccc([N+](=O)[O-])c2)cc1OCC. The van der Waals surface area contributed by atoms with Crippen molar-refractivity contribution in [2.24, 2.45) is 0 Å². The van der Waals surface area contributed by atoms with E-state index in [1.54, 1.807) is 25.1 Å². The maximum atomic E-state index is 12.6. The van der Waals surface area contributed by atoms with E-state index in [1.807, 2.05) is 13.8 Å². The second-order valence-corrected chi connectivity index (χ2v) is 7.38. The van der Waals surface area contributed by atoms with Crippen LogP contribution < -0.4 is 14.2 Å². The molecule has 1 N–H and O–H groups in total. The standard InChI is InChI=1S/C18H22N2O6S/c1-4-25-17-10-9-14(11-18(17)26-5-2)13(3)19-27(23,24)16-8-6-7-15(12-16)20(21)22/h6-13,19H,4-5H2,1-3H3. The van der Waals surface area contributed by atoms with Crippen LogP contribution >= 0.6 is 0 Å². The molecule has 9 heteroatoms. The van der Waals surface area contributed by atoms with E-state index < -0.39 is 21.0 Å². The Labute approximate surface area is 158 Å². The van der Waals surface area contributed by atoms with Crippen molar-refractivity contribution >= 4 is 15.7 Å². The summed E-state index contributed by atoms with van der Waals surface area (Å²) in [6, 6.07) is 9.52. The Balaban J connectivity index is 2.27. The van der Waals surface area contributed by atoms with E-state index in [0.717, 1.165) is 6.07 Å². The van der Waals surface area contributed by atoms with Crippen molar-refractivity contribution < 1.29 is 22.8 Å². The Morgan fingerprint density at radius 2 is 1.74 bits per heavy atom. The van der Waals surface area contributed by atoms with E-state index in [1.165, 1.54) is 18.2 Å². The number of rotatable bonds is 9. The first-order chi connectivity index (χ1) is 12.8. The van der Waals surface area contributed by atoms with Crippen LogP contribution in [0.2, 0.25) is 0 Å². The molecule has 0 aliphatic rings. The average Bonchev–Trinajstić information content (AvgIpc) is 2.63. The number of hydrogen-bond donors (Lipinski definition) is 1. The monoisotopic (exact) mass is 394 g/mol. The van der Waals surface area contributed by atoms with Crippen molar-refractivity contribution in [3.8, 4) is 11.5 Å². The van der Waals surface area contributed by atoms with Crippen LogP contribution in [-0.2, 0) is 10.0 Å². The third-order valence-corrected chi connectivity index (χ3v) is 5.28. The minimum atomic E-state index is -3.94. The predicted molar refractivity (Wildman–Crippen MR) is 101 cm³/mol. The minimum absolute atomic E-state index is 0.167. The fourth-order valence-corrected chi connectivity index (χ4v) is 3.74. The Morgan fingerprint density at radius 1 is 1.07 bits per heavy atom. The molecule has 0 aliphatic carbocycles. The summed E-state index contributed by atoms with van der Waals surface area (Å²) in [6.45, 7) is 6.31. The zero-order valence-corrected chi connectivity index (χ0v) is 16.2. The van der Waals surface area contributed by atoms with Gasteiger partial charge in [-0.25, -0.2) is 13.1 Å². The highest BCUT2D eigenvalue weighted by Gasteiger charge is 2.21. The lowest BCUT2D eigenvalue weighted by Crippen LogP contribution is -2.27. The van der Waals surface area contributed by atoms with E-state index in [2.05, 4.69) is 4.72 Å². The molecule has 8 nitrogen and oxygen atoms in total. The summed E-state index contributed by atoms with van der Waals surface area (Å²) in [4.78, 5) is 10.1. The van der Waals surface area contributed by atoms with Gasteiger partial charge in [-0.15, -0.1) is 0 Å². The average molecular weight is 394 g/mol. The lowest BCUT2D eigenvalue weighted by atomic mass is 10.1. The molecule has 146 valence electrons. The molecule has 2 aromatic carbocycles. The molecule has 27 heavy (non-hydrogen) atoms. The number of non-ortho nitro benzene ring substituents is 1. The van der Waals surface area contributed by atoms with Crippen LogP contribution in [0.15, 0.2) is 47.4 Å². The van der Waals surface area contributed by atoms with Crippen molar-refractivity contribution in [1.82, 2.24) is 4.72 Å². The number of nitrogens with one attached hydrogen (secondary N) is 1. The van der Waals surface area contributed by atoms with Crippen LogP contribution in [0, 0.1) is 10.1 Å². The molecule has 0 spiro atoms. The second kappa shape index (κ2) is 8.83. The molecule has 0 bridgehead atoms. The van der Waals surface area contributed by atoms with Crippen molar-refractivity contribution in [3.63, 3.8) is 0 Å². The topological polar surface area (TPSA) is 108 Å². The van der Waals surface area contributed by atoms with Crippen LogP contribution in [0.25, 0.3) is 0 Å². The fraction of sp³-hybridized carbons (Fsp3) is 0.333. The first kappa shape index (κ1) is 20.7. The van der Waals surface area contributed by atoms with E-state index in [0.29, 0.717) is 30.3 Å². The Kier molecular flexibility index (Phi) is 6.75. The van der Waals surface area contributed by atoms with Gasteiger partial charge in [-0.3, -0.25) is 10.1 Å². The van der Waals surface area contributed by atoms with Gasteiger partial charge >= 0.3 is 0 Å². The number of ether oxygens (including phenoxy) is 2. The van der Waals surface area contributed by atoms with E-state index in [4.69, 9.17) is 9.47 Å². The molecular weight excluding hydrogens is 372 g/mol. The number of hydrogen-bond acceptors (Lipinski definition) is 6. The van der Waals surface area contributed by atoms with Crippen LogP contribution in [0.1, 0.15) is 32.4 Å². The van der Waals surface area contributed by atoms with Crippen LogP contribution in [0.4, 0.5) is 5.69 Å². The molecule has 0 radical (unpaired) electrons. The maximum absolute atomic E-state index is 12.6. The molecule has 2 aromatic rings. The van der Waals surface area contributed by atoms with Gasteiger partial charge in [-0.05, 0) is 44.5 Å². The van der Waals surface area contributed by atoms with Gasteiger partial charge in [0.05, 0.1) is 23.0 Å². The third-order valence-electron chi connectivity index (χ3n) is 3.74. The number of nitro benzene ring substituents is 1. The highest BCUT2D eigenvalue weighted by atomic mass is 32.2. The quantitative estimate of drug-likeness (QED) is 0.516. The normalized spacial score (nSPS) is 12.4. The zero-order chi connectivity index (χ0) is 20.0. The highest BCUT2D eigenvalue weighted by molar-refractivity contribution is 7.89. The summed E-state index contributed by atoms with van der Waals surface area (Å²) >= 11 is 0. The van der Waals surface area contributed by atoms with E-state index in [-0.39, 0.29) is 10.6 Å². The Hall–Kier alpha value is -2.65. The molecule has 0 heterocycles. The molecular formula is C18H22N2O6S. The van der Waals surface area contributed by atoms with Crippen molar-refractivity contribution in [2.75, 3.05) is 13.2 Å². The third kappa shape index (κ3) is 5.18. The number of benzene rings is 2. The van der Waals surface area contributed by atoms with Gasteiger partial charge in [-0.2, -0.15) is 0 Å². The molecule has 0 amide bonds. The van der Waals surface area contributed by atoms with Gasteiger partial charge in [0.15, 0.2) is 11.5 Å². The van der Waals surface area contributed by atoms with Gasteiger partial charge in [0.25, 0.3) is 5.69 Å². The Bertz CT molecular complexity index is 914. The van der Waals surface area contributed by atoms with Gasteiger partial charge in [0, 0.05) is 18.2 Å². The number of nitrogens with zero attached hydrogens (tertiary/aromatic N) is 1. The van der Waals surface area contributed by atoms with Crippen LogP contribution in [-0.4, -0.2) is 26.6 Å². The number of nitro groups is 1. The smallest absolute Gasteiger partial charge is 0.270 e. The van der Waals surface area contributed by atoms with Crippen LogP contribution in [0.3, 0.4) is 0 Å². The molecule has 0 aliphatic heterocycles. The summed E-state index contributed by atoms with van der Waals surface area (Å²) < 4.78 is 38.8. The summed E-state index contributed by atoms with van der Waals surface area (Å²) in [5, 5.41) is 10.9. The second-order valence-electron chi connectivity index (χ2n) is 5.67. The lowest BCUT2D eigenvalue weighted by molar-refractivity contribution is -0.385. The van der Waals surface area contributed by atoms with Crippen molar-refractivity contribution in [2.45, 2.75) is 31.7 Å². The summed E-state index contributed by atoms with van der Waals surface area (Å²) in [6.07, 6.45) is 0. The summed E-state index contributed by atoms with van der Waals surface area (Å²) in [7, 11) is -3.94. The molecule has 0 fully saturated rings. The Morgan fingerprint density at radius 3 is 2.37 bits per heavy atom. The van der Waals surface area contributed by atoms with Crippen molar-refractivity contribution in [1.29, 1.82) is 0 Å². The lowest BCUT2D eigenvalue weighted by Gasteiger charge is -2.17. The first-order valence-electron chi connectivity index (χ1n) is 8.44. The van der Waals surface area contributed by atoms with Gasteiger partial charge in [0.1, 0.15) is 0 Å². The molecule has 0 aromatic heterocycles. The molecule has 1 atom stereocenters. The summed E-state index contributed by atoms with van der Waals surface area (Å²) in [5.41, 5.74) is 0.390. The van der Waals surface area contributed by atoms with E-state index >= 15 is 0 Å². The fourth-order valence-electron chi connectivity index (χ4n) is 2.47. The van der Waals surface area contributed by atoms with Crippen LogP contribution in [0.5, 0.6) is 11.5 Å². The first-order valence-corrected chi connectivity index (χ1v) is 9.93. The highest BCUT2D eigenvalue weighted by Crippen LogP contribution is 2.31. The molecule has 1 unspecified atom stereocenters. The van der Waals surface area contributed by atoms with Gasteiger partial charge in [0.2, 0.25) is 10.0 Å².